The fraction of sp³-hybridized carbons (Fsp3) is 0.235. The Morgan fingerprint density at radius 3 is 2.50 bits per heavy atom. The van der Waals surface area contributed by atoms with Gasteiger partial charge in [0.1, 0.15) is 5.75 Å². The minimum atomic E-state index is -4.49. The molecule has 0 heterocycles. The van der Waals surface area contributed by atoms with E-state index in [1.54, 1.807) is 12.1 Å². The molecule has 2 rings (SSSR count). The SMILES string of the molecule is COc1ccc(C)cc1NC(=O)CNc1ccccc1C(F)(F)F. The Hall–Kier alpha value is -2.70. The molecule has 0 fully saturated rings. The molecule has 0 unspecified atom stereocenters. The number of anilines is 2. The summed E-state index contributed by atoms with van der Waals surface area (Å²) in [5, 5.41) is 5.14. The number of aryl methyl sites for hydroxylation is 1. The van der Waals surface area contributed by atoms with Crippen LogP contribution in [0.25, 0.3) is 0 Å². The van der Waals surface area contributed by atoms with Crippen molar-refractivity contribution in [2.45, 2.75) is 13.1 Å². The van der Waals surface area contributed by atoms with Crippen LogP contribution in [-0.4, -0.2) is 19.6 Å². The van der Waals surface area contributed by atoms with Crippen molar-refractivity contribution in [3.05, 3.63) is 53.6 Å². The number of benzene rings is 2. The number of halogens is 3. The average molecular weight is 338 g/mol. The summed E-state index contributed by atoms with van der Waals surface area (Å²) < 4.78 is 43.9. The predicted molar refractivity (Wildman–Crippen MR) is 86.3 cm³/mol. The zero-order valence-corrected chi connectivity index (χ0v) is 13.2. The van der Waals surface area contributed by atoms with Crippen LogP contribution in [0.5, 0.6) is 5.75 Å². The summed E-state index contributed by atoms with van der Waals surface area (Å²) in [5.41, 5.74) is 0.428. The van der Waals surface area contributed by atoms with Gasteiger partial charge in [0, 0.05) is 5.69 Å². The third-order valence-electron chi connectivity index (χ3n) is 3.30. The Morgan fingerprint density at radius 2 is 1.83 bits per heavy atom. The molecule has 2 N–H and O–H groups in total. The Labute approximate surface area is 137 Å². The minimum absolute atomic E-state index is 0.142. The van der Waals surface area contributed by atoms with Crippen LogP contribution in [-0.2, 0) is 11.0 Å². The molecule has 0 aromatic heterocycles. The molecular formula is C17H17F3N2O2. The van der Waals surface area contributed by atoms with Gasteiger partial charge in [0.05, 0.1) is 24.9 Å². The van der Waals surface area contributed by atoms with Gasteiger partial charge in [-0.2, -0.15) is 13.2 Å². The third-order valence-corrected chi connectivity index (χ3v) is 3.30. The molecule has 1 amide bonds. The summed E-state index contributed by atoms with van der Waals surface area (Å²) in [6, 6.07) is 10.3. The molecule has 0 bridgehead atoms. The smallest absolute Gasteiger partial charge is 0.418 e. The maximum atomic E-state index is 12.9. The minimum Gasteiger partial charge on any atom is -0.495 e. The third kappa shape index (κ3) is 4.41. The first-order chi connectivity index (χ1) is 11.3. The first kappa shape index (κ1) is 17.7. The van der Waals surface area contributed by atoms with E-state index in [2.05, 4.69) is 10.6 Å². The van der Waals surface area contributed by atoms with Gasteiger partial charge in [-0.05, 0) is 36.8 Å². The zero-order valence-electron chi connectivity index (χ0n) is 13.2. The van der Waals surface area contributed by atoms with E-state index in [1.807, 2.05) is 13.0 Å². The number of hydrogen-bond donors (Lipinski definition) is 2. The fourth-order valence-electron chi connectivity index (χ4n) is 2.17. The summed E-state index contributed by atoms with van der Waals surface area (Å²) in [6.07, 6.45) is -4.49. The van der Waals surface area contributed by atoms with E-state index >= 15 is 0 Å². The van der Waals surface area contributed by atoms with Gasteiger partial charge in [0.15, 0.2) is 0 Å². The number of amides is 1. The summed E-state index contributed by atoms with van der Waals surface area (Å²) >= 11 is 0. The summed E-state index contributed by atoms with van der Waals surface area (Å²) in [7, 11) is 1.47. The van der Waals surface area contributed by atoms with Crippen LogP contribution in [0.15, 0.2) is 42.5 Å². The molecule has 0 spiro atoms. The molecule has 0 aliphatic carbocycles. The van der Waals surface area contributed by atoms with Gasteiger partial charge in [-0.25, -0.2) is 0 Å². The van der Waals surface area contributed by atoms with E-state index in [-0.39, 0.29) is 12.2 Å². The molecule has 2 aromatic carbocycles. The van der Waals surface area contributed by atoms with Crippen LogP contribution >= 0.6 is 0 Å². The van der Waals surface area contributed by atoms with Crippen molar-refractivity contribution in [2.75, 3.05) is 24.3 Å². The fourth-order valence-corrected chi connectivity index (χ4v) is 2.17. The van der Waals surface area contributed by atoms with Gasteiger partial charge in [0.2, 0.25) is 5.91 Å². The molecule has 0 saturated carbocycles. The molecule has 128 valence electrons. The normalized spacial score (nSPS) is 11.0. The van der Waals surface area contributed by atoms with Crippen molar-refractivity contribution >= 4 is 17.3 Å². The number of rotatable bonds is 5. The molecule has 24 heavy (non-hydrogen) atoms. The zero-order chi connectivity index (χ0) is 17.7. The van der Waals surface area contributed by atoms with Crippen LogP contribution in [0.1, 0.15) is 11.1 Å². The van der Waals surface area contributed by atoms with Crippen molar-refractivity contribution < 1.29 is 22.7 Å². The maximum Gasteiger partial charge on any atom is 0.418 e. The number of alkyl halides is 3. The van der Waals surface area contributed by atoms with E-state index in [0.29, 0.717) is 11.4 Å². The molecule has 7 heteroatoms. The van der Waals surface area contributed by atoms with Crippen molar-refractivity contribution in [2.24, 2.45) is 0 Å². The Balaban J connectivity index is 2.06. The van der Waals surface area contributed by atoms with Crippen LogP contribution in [0.4, 0.5) is 24.5 Å². The van der Waals surface area contributed by atoms with Crippen LogP contribution in [0.2, 0.25) is 0 Å². The molecule has 0 aliphatic heterocycles. The number of methoxy groups -OCH3 is 1. The van der Waals surface area contributed by atoms with Gasteiger partial charge in [-0.1, -0.05) is 18.2 Å². The van der Waals surface area contributed by atoms with E-state index in [4.69, 9.17) is 4.74 Å². The monoisotopic (exact) mass is 338 g/mol. The van der Waals surface area contributed by atoms with Crippen LogP contribution in [0.3, 0.4) is 0 Å². The molecule has 0 atom stereocenters. The van der Waals surface area contributed by atoms with Gasteiger partial charge in [0.25, 0.3) is 0 Å². The highest BCUT2D eigenvalue weighted by atomic mass is 19.4. The van der Waals surface area contributed by atoms with E-state index < -0.39 is 17.6 Å². The maximum absolute atomic E-state index is 12.9. The molecule has 4 nitrogen and oxygen atoms in total. The lowest BCUT2D eigenvalue weighted by molar-refractivity contribution is -0.137. The second kappa shape index (κ2) is 7.25. The largest absolute Gasteiger partial charge is 0.495 e. The van der Waals surface area contributed by atoms with Gasteiger partial charge < -0.3 is 15.4 Å². The first-order valence-electron chi connectivity index (χ1n) is 7.16. The van der Waals surface area contributed by atoms with E-state index in [9.17, 15) is 18.0 Å². The molecule has 2 aromatic rings. The Bertz CT molecular complexity index is 730. The quantitative estimate of drug-likeness (QED) is 0.864. The van der Waals surface area contributed by atoms with Crippen molar-refractivity contribution in [3.8, 4) is 5.75 Å². The Kier molecular flexibility index (Phi) is 5.33. The first-order valence-corrected chi connectivity index (χ1v) is 7.16. The van der Waals surface area contributed by atoms with E-state index in [1.165, 1.54) is 25.3 Å². The standard InChI is InChI=1S/C17H17F3N2O2/c1-11-7-8-15(24-2)14(9-11)22-16(23)10-21-13-6-4-3-5-12(13)17(18,19)20/h3-9,21H,10H2,1-2H3,(H,22,23). The molecule has 0 saturated heterocycles. The van der Waals surface area contributed by atoms with Gasteiger partial charge in [-0.3, -0.25) is 4.79 Å². The van der Waals surface area contributed by atoms with Crippen molar-refractivity contribution in [1.29, 1.82) is 0 Å². The topological polar surface area (TPSA) is 50.4 Å². The van der Waals surface area contributed by atoms with Gasteiger partial charge >= 0.3 is 6.18 Å². The highest BCUT2D eigenvalue weighted by molar-refractivity contribution is 5.95. The molecular weight excluding hydrogens is 321 g/mol. The van der Waals surface area contributed by atoms with Crippen LogP contribution < -0.4 is 15.4 Å². The highest BCUT2D eigenvalue weighted by Crippen LogP contribution is 2.34. The number of ether oxygens (including phenoxy) is 1. The molecule has 0 aliphatic rings. The number of carbonyl (C=O) groups is 1. The van der Waals surface area contributed by atoms with Crippen molar-refractivity contribution in [3.63, 3.8) is 0 Å². The Morgan fingerprint density at radius 1 is 1.12 bits per heavy atom. The summed E-state index contributed by atoms with van der Waals surface area (Å²) in [4.78, 5) is 12.0. The lowest BCUT2D eigenvalue weighted by Gasteiger charge is -2.15. The van der Waals surface area contributed by atoms with Gasteiger partial charge in [-0.15, -0.1) is 0 Å². The van der Waals surface area contributed by atoms with E-state index in [0.717, 1.165) is 11.6 Å². The lowest BCUT2D eigenvalue weighted by Crippen LogP contribution is -2.23. The summed E-state index contributed by atoms with van der Waals surface area (Å²) in [5.74, 6) is 0.000481. The predicted octanol–water partition coefficient (Wildman–Crippen LogP) is 4.07. The molecule has 0 radical (unpaired) electrons. The number of para-hydroxylation sites is 1. The van der Waals surface area contributed by atoms with Crippen molar-refractivity contribution in [1.82, 2.24) is 0 Å². The summed E-state index contributed by atoms with van der Waals surface area (Å²) in [6.45, 7) is 1.55. The second-order valence-corrected chi connectivity index (χ2v) is 5.15. The number of hydrogen-bond acceptors (Lipinski definition) is 3. The second-order valence-electron chi connectivity index (χ2n) is 5.15. The highest BCUT2D eigenvalue weighted by Gasteiger charge is 2.33. The average Bonchev–Trinajstić information content (AvgIpc) is 2.52. The number of carbonyl (C=O) groups excluding carboxylic acids is 1. The van der Waals surface area contributed by atoms with Crippen LogP contribution in [0, 0.1) is 6.92 Å². The lowest BCUT2D eigenvalue weighted by atomic mass is 10.1. The number of nitrogens with one attached hydrogen (secondary N) is 2.